The van der Waals surface area contributed by atoms with Crippen LogP contribution < -0.4 is 0 Å². The third-order valence-corrected chi connectivity index (χ3v) is 9.08. The van der Waals surface area contributed by atoms with Crippen molar-refractivity contribution < 1.29 is 4.79 Å². The summed E-state index contributed by atoms with van der Waals surface area (Å²) in [4.78, 5) is 13.9. The zero-order chi connectivity index (χ0) is 30.6. The van der Waals surface area contributed by atoms with Crippen LogP contribution >= 0.6 is 0 Å². The SMILES string of the molecule is O=C(c1cccc(-n2c3ccccc3c3ccc4c(cc(-c5ccccc5)n4-c4ccccc4)c32)c1)c1ccc2ccccc2c1. The topological polar surface area (TPSA) is 26.9 Å². The van der Waals surface area contributed by atoms with Crippen molar-refractivity contribution in [1.82, 2.24) is 9.13 Å². The highest BCUT2D eigenvalue weighted by Crippen LogP contribution is 2.40. The van der Waals surface area contributed by atoms with E-state index in [2.05, 4.69) is 130 Å². The highest BCUT2D eigenvalue weighted by molar-refractivity contribution is 6.19. The molecule has 2 aromatic heterocycles. The first kappa shape index (κ1) is 26.2. The van der Waals surface area contributed by atoms with E-state index in [1.54, 1.807) is 0 Å². The number of rotatable bonds is 5. The van der Waals surface area contributed by atoms with Crippen LogP contribution in [0.1, 0.15) is 15.9 Å². The summed E-state index contributed by atoms with van der Waals surface area (Å²) < 4.78 is 4.68. The van der Waals surface area contributed by atoms with Crippen LogP contribution in [0.15, 0.2) is 170 Å². The van der Waals surface area contributed by atoms with E-state index < -0.39 is 0 Å². The van der Waals surface area contributed by atoms with Gasteiger partial charge in [-0.1, -0.05) is 121 Å². The number of benzene rings is 7. The molecule has 0 radical (unpaired) electrons. The van der Waals surface area contributed by atoms with Crippen LogP contribution in [-0.4, -0.2) is 14.9 Å². The van der Waals surface area contributed by atoms with Gasteiger partial charge in [0.25, 0.3) is 0 Å². The number of carbonyl (C=O) groups is 1. The molecule has 0 saturated heterocycles. The lowest BCUT2D eigenvalue weighted by molar-refractivity contribution is 0.103. The van der Waals surface area contributed by atoms with Crippen molar-refractivity contribution in [2.75, 3.05) is 0 Å². The largest absolute Gasteiger partial charge is 0.309 e. The molecule has 9 aromatic rings. The lowest BCUT2D eigenvalue weighted by Crippen LogP contribution is -2.03. The van der Waals surface area contributed by atoms with Gasteiger partial charge in [0.1, 0.15) is 0 Å². The van der Waals surface area contributed by atoms with Gasteiger partial charge in [-0.05, 0) is 64.9 Å². The first-order chi connectivity index (χ1) is 22.7. The van der Waals surface area contributed by atoms with E-state index in [9.17, 15) is 4.79 Å². The minimum atomic E-state index is 0.0140. The van der Waals surface area contributed by atoms with E-state index >= 15 is 0 Å². The number of fused-ring (bicyclic) bond motifs is 6. The Bertz CT molecular complexity index is 2590. The summed E-state index contributed by atoms with van der Waals surface area (Å²) in [6.45, 7) is 0. The fourth-order valence-corrected chi connectivity index (χ4v) is 6.97. The lowest BCUT2D eigenvalue weighted by Gasteiger charge is -2.12. The Hall–Kier alpha value is -6.19. The molecule has 0 N–H and O–H groups in total. The molecule has 0 aliphatic carbocycles. The van der Waals surface area contributed by atoms with E-state index in [1.807, 2.05) is 48.5 Å². The molecule has 0 saturated carbocycles. The average molecular weight is 589 g/mol. The number of carbonyl (C=O) groups excluding carboxylic acids is 1. The fraction of sp³-hybridized carbons (Fsp3) is 0. The zero-order valence-electron chi connectivity index (χ0n) is 25.0. The maximum Gasteiger partial charge on any atom is 0.193 e. The van der Waals surface area contributed by atoms with Gasteiger partial charge in [-0.15, -0.1) is 0 Å². The van der Waals surface area contributed by atoms with Gasteiger partial charge < -0.3 is 9.13 Å². The van der Waals surface area contributed by atoms with E-state index in [-0.39, 0.29) is 5.78 Å². The van der Waals surface area contributed by atoms with Gasteiger partial charge in [-0.25, -0.2) is 0 Å². The molecule has 2 heterocycles. The molecule has 0 bridgehead atoms. The number of hydrogen-bond donors (Lipinski definition) is 0. The summed E-state index contributed by atoms with van der Waals surface area (Å²) >= 11 is 0. The van der Waals surface area contributed by atoms with Crippen molar-refractivity contribution in [3.05, 3.63) is 181 Å². The molecule has 3 heteroatoms. The van der Waals surface area contributed by atoms with Crippen LogP contribution in [0.3, 0.4) is 0 Å². The predicted molar refractivity (Wildman–Crippen MR) is 190 cm³/mol. The van der Waals surface area contributed by atoms with Gasteiger partial charge in [0.05, 0.1) is 22.2 Å². The smallest absolute Gasteiger partial charge is 0.193 e. The van der Waals surface area contributed by atoms with Gasteiger partial charge in [0, 0.05) is 38.7 Å². The summed E-state index contributed by atoms with van der Waals surface area (Å²) in [5.74, 6) is 0.0140. The van der Waals surface area contributed by atoms with Crippen molar-refractivity contribution in [2.24, 2.45) is 0 Å². The van der Waals surface area contributed by atoms with Crippen LogP contribution in [0, 0.1) is 0 Å². The third-order valence-electron chi connectivity index (χ3n) is 9.08. The summed E-state index contributed by atoms with van der Waals surface area (Å²) in [5, 5.41) is 5.70. The molecule has 0 atom stereocenters. The molecule has 0 amide bonds. The standard InChI is InChI=1S/C43H28N2O/c46-43(33-23-22-29-12-7-8-15-31(29)26-33)32-16-11-19-35(27-32)45-39-21-10-9-20-36(39)37-24-25-40-38(42(37)45)28-41(30-13-3-1-4-14-30)44(40)34-17-5-2-6-18-34/h1-28H. The molecule has 3 nitrogen and oxygen atoms in total. The Morgan fingerprint density at radius 2 is 1.09 bits per heavy atom. The van der Waals surface area contributed by atoms with Gasteiger partial charge in [-0.3, -0.25) is 4.79 Å². The average Bonchev–Trinajstić information content (AvgIpc) is 3.68. The second-order valence-corrected chi connectivity index (χ2v) is 11.8. The Morgan fingerprint density at radius 3 is 1.93 bits per heavy atom. The van der Waals surface area contributed by atoms with Crippen LogP contribution in [-0.2, 0) is 0 Å². The summed E-state index contributed by atoms with van der Waals surface area (Å²) in [6, 6.07) is 58.6. The molecular weight excluding hydrogens is 560 g/mol. The summed E-state index contributed by atoms with van der Waals surface area (Å²) in [6.07, 6.45) is 0. The van der Waals surface area contributed by atoms with Gasteiger partial charge in [0.15, 0.2) is 5.78 Å². The second-order valence-electron chi connectivity index (χ2n) is 11.8. The first-order valence-electron chi connectivity index (χ1n) is 15.6. The van der Waals surface area contributed by atoms with E-state index in [1.165, 1.54) is 10.8 Å². The molecule has 0 aliphatic heterocycles. The molecule has 46 heavy (non-hydrogen) atoms. The van der Waals surface area contributed by atoms with Crippen LogP contribution in [0.25, 0.3) is 66.1 Å². The molecule has 7 aromatic carbocycles. The monoisotopic (exact) mass is 588 g/mol. The highest BCUT2D eigenvalue weighted by atomic mass is 16.1. The predicted octanol–water partition coefficient (Wildman–Crippen LogP) is 10.8. The molecular formula is C43H28N2O. The maximum atomic E-state index is 13.9. The third kappa shape index (κ3) is 4.10. The molecule has 9 rings (SSSR count). The van der Waals surface area contributed by atoms with Crippen molar-refractivity contribution in [3.63, 3.8) is 0 Å². The number of ketones is 1. The maximum absolute atomic E-state index is 13.9. The van der Waals surface area contributed by atoms with Gasteiger partial charge in [-0.2, -0.15) is 0 Å². The second kappa shape index (κ2) is 10.5. The van der Waals surface area contributed by atoms with E-state index in [0.717, 1.165) is 55.3 Å². The normalized spacial score (nSPS) is 11.6. The van der Waals surface area contributed by atoms with Gasteiger partial charge in [0.2, 0.25) is 0 Å². The molecule has 0 unspecified atom stereocenters. The summed E-state index contributed by atoms with van der Waals surface area (Å²) in [5.41, 5.74) is 9.07. The van der Waals surface area contributed by atoms with Crippen molar-refractivity contribution in [1.29, 1.82) is 0 Å². The molecule has 0 spiro atoms. The van der Waals surface area contributed by atoms with Gasteiger partial charge >= 0.3 is 0 Å². The minimum Gasteiger partial charge on any atom is -0.309 e. The molecule has 0 fully saturated rings. The van der Waals surface area contributed by atoms with E-state index in [0.29, 0.717) is 11.1 Å². The number of hydrogen-bond acceptors (Lipinski definition) is 1. The Kier molecular flexibility index (Phi) is 5.97. The number of nitrogens with zero attached hydrogens (tertiary/aromatic N) is 2. The summed E-state index contributed by atoms with van der Waals surface area (Å²) in [7, 11) is 0. The van der Waals surface area contributed by atoms with Crippen molar-refractivity contribution >= 4 is 49.3 Å². The number of para-hydroxylation sites is 2. The first-order valence-corrected chi connectivity index (χ1v) is 15.6. The Balaban J connectivity index is 1.31. The number of aromatic nitrogens is 2. The fourth-order valence-electron chi connectivity index (χ4n) is 6.97. The van der Waals surface area contributed by atoms with Crippen molar-refractivity contribution in [2.45, 2.75) is 0 Å². The lowest BCUT2D eigenvalue weighted by atomic mass is 9.99. The van der Waals surface area contributed by atoms with Crippen LogP contribution in [0.2, 0.25) is 0 Å². The molecule has 216 valence electrons. The van der Waals surface area contributed by atoms with E-state index in [4.69, 9.17) is 0 Å². The van der Waals surface area contributed by atoms with Crippen LogP contribution in [0.4, 0.5) is 0 Å². The van der Waals surface area contributed by atoms with Crippen LogP contribution in [0.5, 0.6) is 0 Å². The molecule has 0 aliphatic rings. The Labute approximate surface area is 266 Å². The Morgan fingerprint density at radius 1 is 0.413 bits per heavy atom. The highest BCUT2D eigenvalue weighted by Gasteiger charge is 2.21. The van der Waals surface area contributed by atoms with Crippen molar-refractivity contribution in [3.8, 4) is 22.6 Å². The minimum absolute atomic E-state index is 0.0140. The quantitative estimate of drug-likeness (QED) is 0.184. The zero-order valence-corrected chi connectivity index (χ0v) is 25.0.